The Bertz CT molecular complexity index is 1150. The molecule has 2 N–H and O–H groups in total. The third kappa shape index (κ3) is 11.4. The second-order valence-corrected chi connectivity index (χ2v) is 16.5. The number of likely N-dealkylation sites (N-methyl/N-ethyl adjacent to an activating group) is 2. The van der Waals surface area contributed by atoms with Gasteiger partial charge in [0, 0.05) is 43.8 Å². The van der Waals surface area contributed by atoms with Crippen molar-refractivity contribution in [3.05, 3.63) is 11.6 Å². The molecule has 0 radical (unpaired) electrons. The molecule has 3 aliphatic rings. The van der Waals surface area contributed by atoms with Gasteiger partial charge in [-0.3, -0.25) is 14.5 Å². The number of rotatable bonds is 7. The van der Waals surface area contributed by atoms with E-state index in [1.807, 2.05) is 60.5 Å². The van der Waals surface area contributed by atoms with Crippen LogP contribution in [0.15, 0.2) is 11.6 Å². The average molecular weight is 727 g/mol. The van der Waals surface area contributed by atoms with E-state index < -0.39 is 72.6 Å². The van der Waals surface area contributed by atoms with Crippen LogP contribution in [0.25, 0.3) is 0 Å². The van der Waals surface area contributed by atoms with Crippen molar-refractivity contribution in [2.75, 3.05) is 27.7 Å². The van der Waals surface area contributed by atoms with E-state index in [2.05, 4.69) is 31.9 Å². The number of hydrogen-bond acceptors (Lipinski definition) is 12. The molecule has 0 unspecified atom stereocenters. The smallest absolute Gasteiger partial charge is 0.311 e. The minimum Gasteiger partial charge on any atom is -0.460 e. The van der Waals surface area contributed by atoms with Crippen LogP contribution in [0, 0.1) is 23.7 Å². The molecule has 0 bridgehead atoms. The van der Waals surface area contributed by atoms with Gasteiger partial charge in [-0.1, -0.05) is 33.8 Å². The molecule has 2 saturated heterocycles. The van der Waals surface area contributed by atoms with Crippen LogP contribution in [-0.4, -0.2) is 133 Å². The first kappa shape index (κ1) is 43.8. The van der Waals surface area contributed by atoms with Gasteiger partial charge in [0.15, 0.2) is 12.6 Å². The van der Waals surface area contributed by atoms with Gasteiger partial charge in [-0.15, -0.1) is 0 Å². The molecule has 2 fully saturated rings. The van der Waals surface area contributed by atoms with Crippen LogP contribution in [0.4, 0.5) is 0 Å². The van der Waals surface area contributed by atoms with Crippen molar-refractivity contribution in [1.29, 1.82) is 0 Å². The third-order valence-corrected chi connectivity index (χ3v) is 11.3. The molecule has 12 heteroatoms. The van der Waals surface area contributed by atoms with Crippen molar-refractivity contribution in [3.63, 3.8) is 0 Å². The molecule has 16 atom stereocenters. The highest BCUT2D eigenvalue weighted by Gasteiger charge is 2.50. The molecule has 3 rings (SSSR count). The van der Waals surface area contributed by atoms with E-state index in [4.69, 9.17) is 28.4 Å². The van der Waals surface area contributed by atoms with Gasteiger partial charge >= 0.3 is 11.9 Å². The van der Waals surface area contributed by atoms with E-state index in [9.17, 15) is 19.8 Å². The Hall–Kier alpha value is -1.64. The number of cyclic esters (lactones) is 1. The van der Waals surface area contributed by atoms with Gasteiger partial charge in [-0.25, -0.2) is 0 Å². The molecule has 3 aliphatic heterocycles. The monoisotopic (exact) mass is 727 g/mol. The van der Waals surface area contributed by atoms with Crippen molar-refractivity contribution in [3.8, 4) is 0 Å². The molecule has 51 heavy (non-hydrogen) atoms. The number of carbonyl (C=O) groups excluding carboxylic acids is 2. The summed E-state index contributed by atoms with van der Waals surface area (Å²) in [7, 11) is 5.89. The van der Waals surface area contributed by atoms with E-state index in [-0.39, 0.29) is 36.0 Å². The number of aliphatic hydroxyl groups is 2. The highest BCUT2D eigenvalue weighted by molar-refractivity contribution is 5.73. The SMILES string of the molecule is CC[C@H]1OC(=O)[C@H](C)[C@@H](O[C@H]2C[C@H](C)[C@@H](OC(C)=O)[C@H](C)O2)[C@H](C)[C@@H](O[C@@H]2O[C@H](C)C[C@H](N(C)C)[C@H]2O)[C@](C)(O)C[C@@H](C)CN(C)[C@H](C)C=C1C. The molecule has 0 amide bonds. The van der Waals surface area contributed by atoms with Crippen molar-refractivity contribution < 1.29 is 48.2 Å². The van der Waals surface area contributed by atoms with Gasteiger partial charge in [-0.05, 0) is 93.4 Å². The summed E-state index contributed by atoms with van der Waals surface area (Å²) in [5.41, 5.74) is -0.459. The number of hydrogen-bond donors (Lipinski definition) is 2. The van der Waals surface area contributed by atoms with Crippen LogP contribution in [0.5, 0.6) is 0 Å². The average Bonchev–Trinajstić information content (AvgIpc) is 3.02. The van der Waals surface area contributed by atoms with E-state index in [0.29, 0.717) is 32.2 Å². The Morgan fingerprint density at radius 3 is 2.27 bits per heavy atom. The van der Waals surface area contributed by atoms with Crippen molar-refractivity contribution in [2.45, 2.75) is 175 Å². The zero-order chi connectivity index (χ0) is 38.5. The van der Waals surface area contributed by atoms with Gasteiger partial charge < -0.3 is 43.5 Å². The fourth-order valence-corrected chi connectivity index (χ4v) is 8.48. The molecular formula is C39H70N2O10. The topological polar surface area (TPSA) is 136 Å². The lowest BCUT2D eigenvalue weighted by Crippen LogP contribution is -2.59. The first-order chi connectivity index (χ1) is 23.7. The van der Waals surface area contributed by atoms with Crippen LogP contribution in [-0.2, 0) is 38.0 Å². The van der Waals surface area contributed by atoms with E-state index in [0.717, 1.165) is 5.57 Å². The largest absolute Gasteiger partial charge is 0.460 e. The van der Waals surface area contributed by atoms with Crippen LogP contribution in [0.3, 0.4) is 0 Å². The lowest BCUT2D eigenvalue weighted by molar-refractivity contribution is -0.309. The minimum atomic E-state index is -1.43. The van der Waals surface area contributed by atoms with Crippen LogP contribution < -0.4 is 0 Å². The third-order valence-electron chi connectivity index (χ3n) is 11.3. The Balaban J connectivity index is 2.11. The van der Waals surface area contributed by atoms with Crippen molar-refractivity contribution >= 4 is 11.9 Å². The minimum absolute atomic E-state index is 0.0495. The summed E-state index contributed by atoms with van der Waals surface area (Å²) in [4.78, 5) is 30.2. The Kier molecular flexibility index (Phi) is 16.0. The maximum atomic E-state index is 14.1. The fraction of sp³-hybridized carbons (Fsp3) is 0.897. The molecule has 0 spiro atoms. The molecule has 3 heterocycles. The number of esters is 2. The van der Waals surface area contributed by atoms with Gasteiger partial charge in [0.05, 0.1) is 35.9 Å². The second-order valence-electron chi connectivity index (χ2n) is 16.5. The Morgan fingerprint density at radius 1 is 1.06 bits per heavy atom. The summed E-state index contributed by atoms with van der Waals surface area (Å²) >= 11 is 0. The van der Waals surface area contributed by atoms with Gasteiger partial charge in [-0.2, -0.15) is 0 Å². The lowest BCUT2D eigenvalue weighted by atomic mass is 9.77. The summed E-state index contributed by atoms with van der Waals surface area (Å²) in [6.07, 6.45) is -1.87. The second kappa shape index (κ2) is 18.6. The normalized spacial score (nSPS) is 44.2. The summed E-state index contributed by atoms with van der Waals surface area (Å²) in [6.45, 7) is 21.5. The quantitative estimate of drug-likeness (QED) is 0.282. The summed E-state index contributed by atoms with van der Waals surface area (Å²) in [5, 5.41) is 24.0. The highest BCUT2D eigenvalue weighted by Crippen LogP contribution is 2.39. The molecule has 0 aromatic carbocycles. The number of carbonyl (C=O) groups is 2. The first-order valence-corrected chi connectivity index (χ1v) is 19.1. The lowest BCUT2D eigenvalue weighted by Gasteiger charge is -2.48. The highest BCUT2D eigenvalue weighted by atomic mass is 16.7. The maximum absolute atomic E-state index is 14.1. The molecule has 0 saturated carbocycles. The molecule has 0 aromatic heterocycles. The molecule has 296 valence electrons. The number of nitrogens with zero attached hydrogens (tertiary/aromatic N) is 2. The summed E-state index contributed by atoms with van der Waals surface area (Å²) in [6, 6.07) is -0.157. The Morgan fingerprint density at radius 2 is 1.71 bits per heavy atom. The standard InChI is InChI=1S/C39H70N2O10/c1-15-31-22(3)16-24(5)41(14)20-21(2)19-39(11,45)36(51-38-33(43)30(40(12)13)18-25(6)46-38)26(7)35(27(8)37(44)49-31)50-32-17-23(4)34(28(9)47-32)48-29(10)42/h16,21,23-28,30-36,38,43,45H,15,17-20H2,1-14H3/t21-,23+,24-,25-,26+,27-,28+,30+,31-,32+,33-,34-,35+,36-,38+,39-/m1/s1. The van der Waals surface area contributed by atoms with Crippen molar-refractivity contribution in [1.82, 2.24) is 9.80 Å². The predicted molar refractivity (Wildman–Crippen MR) is 195 cm³/mol. The van der Waals surface area contributed by atoms with Gasteiger partial charge in [0.2, 0.25) is 0 Å². The Labute approximate surface area is 307 Å². The van der Waals surface area contributed by atoms with Crippen LogP contribution in [0.1, 0.15) is 102 Å². The summed E-state index contributed by atoms with van der Waals surface area (Å²) in [5.74, 6) is -2.24. The molecular weight excluding hydrogens is 656 g/mol. The molecule has 0 aromatic rings. The fourth-order valence-electron chi connectivity index (χ4n) is 8.48. The zero-order valence-electron chi connectivity index (χ0n) is 33.8. The van der Waals surface area contributed by atoms with Crippen LogP contribution >= 0.6 is 0 Å². The molecule has 0 aliphatic carbocycles. The number of aliphatic hydroxyl groups excluding tert-OH is 1. The predicted octanol–water partition coefficient (Wildman–Crippen LogP) is 4.54. The van der Waals surface area contributed by atoms with E-state index in [1.165, 1.54) is 6.92 Å². The molecule has 12 nitrogen and oxygen atoms in total. The zero-order valence-corrected chi connectivity index (χ0v) is 33.8. The first-order valence-electron chi connectivity index (χ1n) is 19.1. The number of ether oxygens (including phenoxy) is 6. The van der Waals surface area contributed by atoms with Gasteiger partial charge in [0.1, 0.15) is 18.3 Å². The maximum Gasteiger partial charge on any atom is 0.311 e. The van der Waals surface area contributed by atoms with E-state index in [1.54, 1.807) is 13.8 Å². The van der Waals surface area contributed by atoms with Gasteiger partial charge in [0.25, 0.3) is 0 Å². The summed E-state index contributed by atoms with van der Waals surface area (Å²) < 4.78 is 37.9. The van der Waals surface area contributed by atoms with Crippen LogP contribution in [0.2, 0.25) is 0 Å². The van der Waals surface area contributed by atoms with E-state index >= 15 is 0 Å². The van der Waals surface area contributed by atoms with Crippen molar-refractivity contribution in [2.24, 2.45) is 23.7 Å².